The lowest BCUT2D eigenvalue weighted by Gasteiger charge is -2.50. The van der Waals surface area contributed by atoms with E-state index < -0.39 is 0 Å². The minimum absolute atomic E-state index is 0.0741. The minimum atomic E-state index is -0.187. The first-order valence-corrected chi connectivity index (χ1v) is 7.73. The highest BCUT2D eigenvalue weighted by Crippen LogP contribution is 2.37. The lowest BCUT2D eigenvalue weighted by molar-refractivity contribution is -0.126. The zero-order valence-corrected chi connectivity index (χ0v) is 13.4. The molecule has 1 aliphatic rings. The maximum absolute atomic E-state index is 13.4. The van der Waals surface area contributed by atoms with Gasteiger partial charge in [-0.1, -0.05) is 19.1 Å². The maximum atomic E-state index is 13.4. The summed E-state index contributed by atoms with van der Waals surface area (Å²) in [7, 11) is 2.08. The van der Waals surface area contributed by atoms with Gasteiger partial charge in [0, 0.05) is 25.2 Å². The van der Waals surface area contributed by atoms with Crippen LogP contribution in [0.4, 0.5) is 4.39 Å². The number of rotatable bonds is 5. The Bertz CT molecular complexity index is 482. The van der Waals surface area contributed by atoms with Crippen LogP contribution in [-0.4, -0.2) is 36.2 Å². The molecular formula is C17H27FN2O. The number of likely N-dealkylation sites (N-methyl/N-ethyl adjacent to an activating group) is 1. The molecule has 0 radical (unpaired) electrons. The van der Waals surface area contributed by atoms with Crippen LogP contribution in [0.5, 0.6) is 0 Å². The van der Waals surface area contributed by atoms with Crippen LogP contribution in [0.3, 0.4) is 0 Å². The Kier molecular flexibility index (Phi) is 5.02. The second-order valence-corrected chi connectivity index (χ2v) is 6.49. The highest BCUT2D eigenvalue weighted by molar-refractivity contribution is 5.17. The maximum Gasteiger partial charge on any atom is 0.123 e. The van der Waals surface area contributed by atoms with E-state index in [1.165, 1.54) is 6.07 Å². The van der Waals surface area contributed by atoms with E-state index in [0.29, 0.717) is 13.1 Å². The highest BCUT2D eigenvalue weighted by Gasteiger charge is 2.44. The van der Waals surface area contributed by atoms with Gasteiger partial charge in [0.05, 0.1) is 5.60 Å². The van der Waals surface area contributed by atoms with Gasteiger partial charge in [-0.05, 0) is 50.9 Å². The normalized spacial score (nSPS) is 29.8. The lowest BCUT2D eigenvalue weighted by Crippen LogP contribution is -2.59. The molecule has 2 unspecified atom stereocenters. The van der Waals surface area contributed by atoms with Gasteiger partial charge < -0.3 is 10.5 Å². The average Bonchev–Trinajstić information content (AvgIpc) is 2.47. The molecular weight excluding hydrogens is 267 g/mol. The van der Waals surface area contributed by atoms with Gasteiger partial charge in [0.25, 0.3) is 0 Å². The van der Waals surface area contributed by atoms with Gasteiger partial charge in [-0.3, -0.25) is 4.90 Å². The molecule has 0 saturated carbocycles. The van der Waals surface area contributed by atoms with E-state index in [1.807, 2.05) is 6.07 Å². The molecule has 4 heteroatoms. The van der Waals surface area contributed by atoms with Gasteiger partial charge >= 0.3 is 0 Å². The number of halogens is 1. The van der Waals surface area contributed by atoms with Crippen molar-refractivity contribution >= 4 is 0 Å². The number of benzene rings is 1. The van der Waals surface area contributed by atoms with Gasteiger partial charge in [-0.25, -0.2) is 4.39 Å². The summed E-state index contributed by atoms with van der Waals surface area (Å²) >= 11 is 0. The van der Waals surface area contributed by atoms with Crippen molar-refractivity contribution in [3.05, 3.63) is 35.6 Å². The van der Waals surface area contributed by atoms with Crippen molar-refractivity contribution in [1.29, 1.82) is 0 Å². The molecule has 1 heterocycles. The van der Waals surface area contributed by atoms with Crippen molar-refractivity contribution in [1.82, 2.24) is 4.90 Å². The van der Waals surface area contributed by atoms with Crippen LogP contribution < -0.4 is 5.73 Å². The van der Waals surface area contributed by atoms with E-state index >= 15 is 0 Å². The summed E-state index contributed by atoms with van der Waals surface area (Å²) in [5.74, 6) is -0.187. The summed E-state index contributed by atoms with van der Waals surface area (Å²) in [6.45, 7) is 6.34. The Labute approximate surface area is 127 Å². The molecule has 1 aliphatic heterocycles. The smallest absolute Gasteiger partial charge is 0.123 e. The van der Waals surface area contributed by atoms with Crippen molar-refractivity contribution in [3.8, 4) is 0 Å². The third-order valence-corrected chi connectivity index (χ3v) is 4.97. The Balaban J connectivity index is 2.15. The molecule has 3 nitrogen and oxygen atoms in total. The van der Waals surface area contributed by atoms with Crippen molar-refractivity contribution in [3.63, 3.8) is 0 Å². The number of hydrogen-bond donors (Lipinski definition) is 1. The van der Waals surface area contributed by atoms with E-state index in [9.17, 15) is 4.39 Å². The van der Waals surface area contributed by atoms with Crippen LogP contribution in [0, 0.1) is 5.82 Å². The number of nitrogens with zero attached hydrogens (tertiary/aromatic N) is 1. The van der Waals surface area contributed by atoms with Crippen LogP contribution >= 0.6 is 0 Å². The van der Waals surface area contributed by atoms with Crippen molar-refractivity contribution in [2.24, 2.45) is 5.73 Å². The van der Waals surface area contributed by atoms with E-state index in [1.54, 1.807) is 12.1 Å². The zero-order valence-electron chi connectivity index (χ0n) is 13.4. The fourth-order valence-electron chi connectivity index (χ4n) is 3.28. The first-order valence-electron chi connectivity index (χ1n) is 7.73. The van der Waals surface area contributed by atoms with Crippen molar-refractivity contribution in [2.75, 3.05) is 20.2 Å². The Hall–Kier alpha value is -0.970. The molecule has 1 aromatic rings. The largest absolute Gasteiger partial charge is 0.375 e. The second kappa shape index (κ2) is 6.42. The summed E-state index contributed by atoms with van der Waals surface area (Å²) < 4.78 is 19.3. The quantitative estimate of drug-likeness (QED) is 0.907. The van der Waals surface area contributed by atoms with E-state index in [0.717, 1.165) is 31.4 Å². The van der Waals surface area contributed by atoms with Gasteiger partial charge in [0.15, 0.2) is 0 Å². The molecule has 1 aromatic carbocycles. The van der Waals surface area contributed by atoms with Gasteiger partial charge in [-0.2, -0.15) is 0 Å². The number of hydrogen-bond acceptors (Lipinski definition) is 3. The molecule has 0 aliphatic carbocycles. The van der Waals surface area contributed by atoms with Crippen molar-refractivity contribution < 1.29 is 9.13 Å². The van der Waals surface area contributed by atoms with Crippen LogP contribution in [0.15, 0.2) is 24.3 Å². The van der Waals surface area contributed by atoms with Gasteiger partial charge in [-0.15, -0.1) is 0 Å². The first kappa shape index (κ1) is 16.4. The molecule has 0 bridgehead atoms. The molecule has 1 fully saturated rings. The van der Waals surface area contributed by atoms with Crippen LogP contribution in [0.25, 0.3) is 0 Å². The van der Waals surface area contributed by atoms with E-state index in [2.05, 4.69) is 25.8 Å². The third kappa shape index (κ3) is 3.62. The van der Waals surface area contributed by atoms with Crippen LogP contribution in [0.2, 0.25) is 0 Å². The van der Waals surface area contributed by atoms with Gasteiger partial charge in [0.2, 0.25) is 0 Å². The van der Waals surface area contributed by atoms with Crippen LogP contribution in [-0.2, 0) is 11.3 Å². The lowest BCUT2D eigenvalue weighted by atomic mass is 9.78. The minimum Gasteiger partial charge on any atom is -0.375 e. The molecule has 0 amide bonds. The van der Waals surface area contributed by atoms with Gasteiger partial charge in [0.1, 0.15) is 5.82 Å². The standard InChI is InChI=1S/C17H27FN2O/c1-4-16(2)12-17(13-19,8-9-21-16)20(3)11-14-6-5-7-15(18)10-14/h5-7,10H,4,8-9,11-13,19H2,1-3H3. The Morgan fingerprint density at radius 1 is 1.43 bits per heavy atom. The van der Waals surface area contributed by atoms with Crippen molar-refractivity contribution in [2.45, 2.75) is 50.8 Å². The van der Waals surface area contributed by atoms with E-state index in [4.69, 9.17) is 10.5 Å². The monoisotopic (exact) mass is 294 g/mol. The summed E-state index contributed by atoms with van der Waals surface area (Å²) in [5.41, 5.74) is 6.92. The Morgan fingerprint density at radius 3 is 2.81 bits per heavy atom. The summed E-state index contributed by atoms with van der Waals surface area (Å²) in [5, 5.41) is 0. The molecule has 2 atom stereocenters. The zero-order chi connectivity index (χ0) is 15.5. The van der Waals surface area contributed by atoms with Crippen LogP contribution in [0.1, 0.15) is 38.7 Å². The first-order chi connectivity index (χ1) is 9.93. The molecule has 1 saturated heterocycles. The number of ether oxygens (including phenoxy) is 1. The molecule has 2 rings (SSSR count). The molecule has 0 aromatic heterocycles. The summed E-state index contributed by atoms with van der Waals surface area (Å²) in [6, 6.07) is 6.79. The number of nitrogens with two attached hydrogens (primary N) is 1. The highest BCUT2D eigenvalue weighted by atomic mass is 19.1. The fourth-order valence-corrected chi connectivity index (χ4v) is 3.28. The third-order valence-electron chi connectivity index (χ3n) is 4.97. The topological polar surface area (TPSA) is 38.5 Å². The molecule has 0 spiro atoms. The summed E-state index contributed by atoms with van der Waals surface area (Å²) in [4.78, 5) is 2.28. The second-order valence-electron chi connectivity index (χ2n) is 6.49. The summed E-state index contributed by atoms with van der Waals surface area (Å²) in [6.07, 6.45) is 2.81. The molecule has 2 N–H and O–H groups in total. The molecule has 118 valence electrons. The predicted octanol–water partition coefficient (Wildman–Crippen LogP) is 2.93. The SMILES string of the molecule is CCC1(C)CC(CN)(N(C)Cc2cccc(F)c2)CCO1. The predicted molar refractivity (Wildman–Crippen MR) is 83.5 cm³/mol. The average molecular weight is 294 g/mol. The fraction of sp³-hybridized carbons (Fsp3) is 0.647. The molecule has 21 heavy (non-hydrogen) atoms. The van der Waals surface area contributed by atoms with E-state index in [-0.39, 0.29) is 17.0 Å². The Morgan fingerprint density at radius 2 is 2.19 bits per heavy atom.